The maximum atomic E-state index is 11.5. The van der Waals surface area contributed by atoms with Gasteiger partial charge in [-0.15, -0.1) is 11.8 Å². The summed E-state index contributed by atoms with van der Waals surface area (Å²) >= 11 is 5.15. The highest BCUT2D eigenvalue weighted by Crippen LogP contribution is 2.22. The Hall–Kier alpha value is -1.26. The van der Waals surface area contributed by atoms with Gasteiger partial charge in [0.25, 0.3) is 0 Å². The van der Waals surface area contributed by atoms with Crippen LogP contribution in [0.15, 0.2) is 57.9 Å². The molecular formula is C16H15BrO2S. The molecule has 104 valence electrons. The van der Waals surface area contributed by atoms with Crippen molar-refractivity contribution in [3.8, 4) is 5.75 Å². The summed E-state index contributed by atoms with van der Waals surface area (Å²) in [4.78, 5) is 12.7. The molecule has 0 spiro atoms. The molecule has 2 nitrogen and oxygen atoms in total. The third-order valence-electron chi connectivity index (χ3n) is 2.69. The number of hydrogen-bond acceptors (Lipinski definition) is 3. The number of ketones is 1. The van der Waals surface area contributed by atoms with Crippen LogP contribution in [0.3, 0.4) is 0 Å². The second-order valence-electron chi connectivity index (χ2n) is 4.20. The molecular weight excluding hydrogens is 336 g/mol. The first-order valence-corrected chi connectivity index (χ1v) is 8.06. The zero-order valence-electron chi connectivity index (χ0n) is 11.1. The number of para-hydroxylation sites is 1. The van der Waals surface area contributed by atoms with Gasteiger partial charge in [0.1, 0.15) is 5.75 Å². The molecule has 0 unspecified atom stereocenters. The first-order chi connectivity index (χ1) is 9.66. The van der Waals surface area contributed by atoms with Crippen LogP contribution in [0.4, 0.5) is 0 Å². The maximum Gasteiger partial charge on any atom is 0.163 e. The molecule has 2 aromatic rings. The van der Waals surface area contributed by atoms with E-state index in [4.69, 9.17) is 4.74 Å². The fourth-order valence-electron chi connectivity index (χ4n) is 1.73. The summed E-state index contributed by atoms with van der Waals surface area (Å²) in [5.41, 5.74) is 0.640. The smallest absolute Gasteiger partial charge is 0.163 e. The molecule has 0 bridgehead atoms. The monoisotopic (exact) mass is 350 g/mol. The number of Topliss-reactive ketones (excluding diaryl/α,β-unsaturated/α-hetero) is 1. The largest absolute Gasteiger partial charge is 0.492 e. The number of rotatable bonds is 6. The SMILES string of the molecule is CC(=O)c1ccccc1OCCSc1ccc(Br)cc1. The lowest BCUT2D eigenvalue weighted by Crippen LogP contribution is -2.04. The third kappa shape index (κ3) is 4.39. The van der Waals surface area contributed by atoms with E-state index in [1.807, 2.05) is 30.3 Å². The second-order valence-corrected chi connectivity index (χ2v) is 6.29. The van der Waals surface area contributed by atoms with Crippen molar-refractivity contribution in [1.82, 2.24) is 0 Å². The Kier molecular flexibility index (Phi) is 5.68. The van der Waals surface area contributed by atoms with Gasteiger partial charge >= 0.3 is 0 Å². The van der Waals surface area contributed by atoms with Crippen LogP contribution in [0.2, 0.25) is 0 Å². The van der Waals surface area contributed by atoms with E-state index in [0.29, 0.717) is 17.9 Å². The van der Waals surface area contributed by atoms with E-state index < -0.39 is 0 Å². The van der Waals surface area contributed by atoms with E-state index in [1.165, 1.54) is 4.90 Å². The van der Waals surface area contributed by atoms with Crippen LogP contribution in [0, 0.1) is 0 Å². The summed E-state index contributed by atoms with van der Waals surface area (Å²) in [6, 6.07) is 15.5. The predicted octanol–water partition coefficient (Wildman–Crippen LogP) is 4.82. The van der Waals surface area contributed by atoms with Gasteiger partial charge in [0.15, 0.2) is 5.78 Å². The lowest BCUT2D eigenvalue weighted by Gasteiger charge is -2.09. The van der Waals surface area contributed by atoms with Crippen molar-refractivity contribution in [2.75, 3.05) is 12.4 Å². The Morgan fingerprint density at radius 2 is 1.85 bits per heavy atom. The summed E-state index contributed by atoms with van der Waals surface area (Å²) in [5.74, 6) is 1.53. The van der Waals surface area contributed by atoms with Crippen molar-refractivity contribution in [3.63, 3.8) is 0 Å². The highest BCUT2D eigenvalue weighted by molar-refractivity contribution is 9.10. The minimum absolute atomic E-state index is 0.0289. The molecule has 0 aromatic heterocycles. The fraction of sp³-hybridized carbons (Fsp3) is 0.188. The van der Waals surface area contributed by atoms with Crippen LogP contribution in [-0.4, -0.2) is 18.1 Å². The Morgan fingerprint density at radius 1 is 1.15 bits per heavy atom. The van der Waals surface area contributed by atoms with Crippen LogP contribution in [0.5, 0.6) is 5.75 Å². The summed E-state index contributed by atoms with van der Waals surface area (Å²) in [6.45, 7) is 2.13. The van der Waals surface area contributed by atoms with Crippen LogP contribution in [0.25, 0.3) is 0 Å². The van der Waals surface area contributed by atoms with Crippen molar-refractivity contribution in [1.29, 1.82) is 0 Å². The van der Waals surface area contributed by atoms with E-state index in [9.17, 15) is 4.79 Å². The van der Waals surface area contributed by atoms with Gasteiger partial charge in [-0.2, -0.15) is 0 Å². The van der Waals surface area contributed by atoms with Crippen molar-refractivity contribution in [2.45, 2.75) is 11.8 Å². The lowest BCUT2D eigenvalue weighted by atomic mass is 10.1. The van der Waals surface area contributed by atoms with Gasteiger partial charge < -0.3 is 4.74 Å². The predicted molar refractivity (Wildman–Crippen MR) is 86.8 cm³/mol. The molecule has 0 amide bonds. The van der Waals surface area contributed by atoms with Gasteiger partial charge in [-0.05, 0) is 43.3 Å². The summed E-state index contributed by atoms with van der Waals surface area (Å²) in [7, 11) is 0. The molecule has 0 aliphatic rings. The molecule has 2 aromatic carbocycles. The first-order valence-electron chi connectivity index (χ1n) is 6.28. The molecule has 0 atom stereocenters. The van der Waals surface area contributed by atoms with Gasteiger partial charge in [0, 0.05) is 15.1 Å². The first kappa shape index (κ1) is 15.1. The molecule has 0 aliphatic heterocycles. The second kappa shape index (κ2) is 7.50. The van der Waals surface area contributed by atoms with Gasteiger partial charge in [-0.25, -0.2) is 0 Å². The average molecular weight is 351 g/mol. The van der Waals surface area contributed by atoms with Crippen molar-refractivity contribution < 1.29 is 9.53 Å². The molecule has 20 heavy (non-hydrogen) atoms. The number of carbonyl (C=O) groups excluding carboxylic acids is 1. The van der Waals surface area contributed by atoms with Gasteiger partial charge in [-0.3, -0.25) is 4.79 Å². The minimum Gasteiger partial charge on any atom is -0.492 e. The van der Waals surface area contributed by atoms with Crippen molar-refractivity contribution in [3.05, 3.63) is 58.6 Å². The molecule has 0 radical (unpaired) electrons. The number of thioether (sulfide) groups is 1. The van der Waals surface area contributed by atoms with Gasteiger partial charge in [-0.1, -0.05) is 28.1 Å². The molecule has 0 saturated heterocycles. The van der Waals surface area contributed by atoms with Crippen LogP contribution < -0.4 is 4.74 Å². The van der Waals surface area contributed by atoms with E-state index in [0.717, 1.165) is 10.2 Å². The Bertz CT molecular complexity index is 581. The Labute approximate surface area is 131 Å². The summed E-state index contributed by atoms with van der Waals surface area (Å²) < 4.78 is 6.77. The highest BCUT2D eigenvalue weighted by Gasteiger charge is 2.06. The summed E-state index contributed by atoms with van der Waals surface area (Å²) in [5, 5.41) is 0. The number of ether oxygens (including phenoxy) is 1. The average Bonchev–Trinajstić information content (AvgIpc) is 2.46. The summed E-state index contributed by atoms with van der Waals surface area (Å²) in [6.07, 6.45) is 0. The van der Waals surface area contributed by atoms with Gasteiger partial charge in [0.2, 0.25) is 0 Å². The van der Waals surface area contributed by atoms with Gasteiger partial charge in [0.05, 0.1) is 12.2 Å². The van der Waals surface area contributed by atoms with Crippen molar-refractivity contribution >= 4 is 33.5 Å². The van der Waals surface area contributed by atoms with Crippen LogP contribution in [0.1, 0.15) is 17.3 Å². The van der Waals surface area contributed by atoms with E-state index in [2.05, 4.69) is 28.1 Å². The van der Waals surface area contributed by atoms with E-state index >= 15 is 0 Å². The highest BCUT2D eigenvalue weighted by atomic mass is 79.9. The third-order valence-corrected chi connectivity index (χ3v) is 4.19. The Morgan fingerprint density at radius 3 is 2.55 bits per heavy atom. The zero-order valence-corrected chi connectivity index (χ0v) is 13.5. The Balaban J connectivity index is 1.84. The molecule has 0 heterocycles. The molecule has 0 saturated carbocycles. The zero-order chi connectivity index (χ0) is 14.4. The van der Waals surface area contributed by atoms with Crippen molar-refractivity contribution in [2.24, 2.45) is 0 Å². The normalized spacial score (nSPS) is 10.3. The van der Waals surface area contributed by atoms with E-state index in [1.54, 1.807) is 24.8 Å². The number of halogens is 1. The topological polar surface area (TPSA) is 26.3 Å². The minimum atomic E-state index is 0.0289. The van der Waals surface area contributed by atoms with Crippen LogP contribution >= 0.6 is 27.7 Å². The standard InChI is InChI=1S/C16H15BrO2S/c1-12(18)15-4-2-3-5-16(15)19-10-11-20-14-8-6-13(17)7-9-14/h2-9H,10-11H2,1H3. The maximum absolute atomic E-state index is 11.5. The number of hydrogen-bond donors (Lipinski definition) is 0. The molecule has 0 fully saturated rings. The molecule has 2 rings (SSSR count). The lowest BCUT2D eigenvalue weighted by molar-refractivity contribution is 0.101. The number of benzene rings is 2. The molecule has 0 N–H and O–H groups in total. The number of carbonyl (C=O) groups is 1. The molecule has 4 heteroatoms. The van der Waals surface area contributed by atoms with E-state index in [-0.39, 0.29) is 5.78 Å². The van der Waals surface area contributed by atoms with Crippen LogP contribution in [-0.2, 0) is 0 Å². The molecule has 0 aliphatic carbocycles. The quantitative estimate of drug-likeness (QED) is 0.424. The fourth-order valence-corrected chi connectivity index (χ4v) is 2.72.